The van der Waals surface area contributed by atoms with Gasteiger partial charge in [-0.05, 0) is 31.0 Å². The molecule has 4 nitrogen and oxygen atoms in total. The lowest BCUT2D eigenvalue weighted by atomic mass is 10.2. The fourth-order valence-corrected chi connectivity index (χ4v) is 2.87. The van der Waals surface area contributed by atoms with Gasteiger partial charge in [-0.3, -0.25) is 9.00 Å². The first-order chi connectivity index (χ1) is 8.41. The number of hydrogen-bond donors (Lipinski definition) is 1. The molecule has 2 N–H and O–H groups in total. The Hall–Kier alpha value is -1.36. The highest BCUT2D eigenvalue weighted by atomic mass is 32.2. The zero-order chi connectivity index (χ0) is 13.7. The molecule has 0 radical (unpaired) electrons. The zero-order valence-electron chi connectivity index (χ0n) is 11.1. The topological polar surface area (TPSA) is 63.4 Å². The smallest absolute Gasteiger partial charge is 0.222 e. The van der Waals surface area contributed by atoms with Crippen molar-refractivity contribution in [3.8, 4) is 0 Å². The number of carbonyl (C=O) groups excluding carboxylic acids is 1. The maximum absolute atomic E-state index is 12.1. The van der Waals surface area contributed by atoms with Gasteiger partial charge >= 0.3 is 0 Å². The Morgan fingerprint density at radius 2 is 2.06 bits per heavy atom. The molecule has 18 heavy (non-hydrogen) atoms. The van der Waals surface area contributed by atoms with Crippen molar-refractivity contribution in [1.82, 2.24) is 4.90 Å². The summed E-state index contributed by atoms with van der Waals surface area (Å²) in [4.78, 5) is 13.7. The Morgan fingerprint density at radius 3 is 2.67 bits per heavy atom. The number of nitrogens with two attached hydrogens (primary N) is 1. The number of amides is 1. The van der Waals surface area contributed by atoms with Gasteiger partial charge in [-0.15, -0.1) is 0 Å². The van der Waals surface area contributed by atoms with E-state index in [1.807, 2.05) is 13.0 Å². The van der Waals surface area contributed by atoms with Crippen molar-refractivity contribution in [2.24, 2.45) is 0 Å². The molecule has 0 aliphatic heterocycles. The summed E-state index contributed by atoms with van der Waals surface area (Å²) in [5.41, 5.74) is 7.28. The lowest BCUT2D eigenvalue weighted by molar-refractivity contribution is -0.128. The van der Waals surface area contributed by atoms with E-state index in [1.165, 1.54) is 0 Å². The standard InChI is InChI=1S/C13H20N2O2S/c1-10-6-7-11(14)9-12(10)18(17)8-4-5-13(16)15(2)3/h6-7,9H,4-5,8,14H2,1-3H3. The van der Waals surface area contributed by atoms with Crippen molar-refractivity contribution < 1.29 is 9.00 Å². The highest BCUT2D eigenvalue weighted by molar-refractivity contribution is 7.85. The molecule has 0 bridgehead atoms. The van der Waals surface area contributed by atoms with Gasteiger partial charge < -0.3 is 10.6 Å². The van der Waals surface area contributed by atoms with E-state index >= 15 is 0 Å². The van der Waals surface area contributed by atoms with Crippen LogP contribution in [0.3, 0.4) is 0 Å². The molecule has 0 spiro atoms. The van der Waals surface area contributed by atoms with Crippen molar-refractivity contribution in [3.05, 3.63) is 23.8 Å². The SMILES string of the molecule is Cc1ccc(N)cc1S(=O)CCCC(=O)N(C)C. The Balaban J connectivity index is 2.56. The molecule has 0 aliphatic carbocycles. The molecular weight excluding hydrogens is 248 g/mol. The van der Waals surface area contributed by atoms with E-state index < -0.39 is 10.8 Å². The highest BCUT2D eigenvalue weighted by Gasteiger charge is 2.10. The summed E-state index contributed by atoms with van der Waals surface area (Å²) < 4.78 is 12.1. The third-order valence-corrected chi connectivity index (χ3v) is 4.27. The van der Waals surface area contributed by atoms with Gasteiger partial charge in [0.05, 0.1) is 10.8 Å². The van der Waals surface area contributed by atoms with Gasteiger partial charge in [-0.2, -0.15) is 0 Å². The summed E-state index contributed by atoms with van der Waals surface area (Å²) in [5.74, 6) is 0.556. The number of carbonyl (C=O) groups is 1. The van der Waals surface area contributed by atoms with E-state index in [0.29, 0.717) is 24.3 Å². The number of benzene rings is 1. The van der Waals surface area contributed by atoms with E-state index in [2.05, 4.69) is 0 Å². The number of rotatable bonds is 5. The largest absolute Gasteiger partial charge is 0.399 e. The number of hydrogen-bond acceptors (Lipinski definition) is 3. The molecule has 1 aromatic carbocycles. The summed E-state index contributed by atoms with van der Waals surface area (Å²) >= 11 is 0. The van der Waals surface area contributed by atoms with Crippen molar-refractivity contribution in [2.75, 3.05) is 25.6 Å². The maximum Gasteiger partial charge on any atom is 0.222 e. The van der Waals surface area contributed by atoms with Gasteiger partial charge in [-0.25, -0.2) is 0 Å². The zero-order valence-corrected chi connectivity index (χ0v) is 11.9. The fourth-order valence-electron chi connectivity index (χ4n) is 1.55. The second-order valence-electron chi connectivity index (χ2n) is 4.47. The predicted molar refractivity (Wildman–Crippen MR) is 74.8 cm³/mol. The van der Waals surface area contributed by atoms with Crippen LogP contribution in [0.2, 0.25) is 0 Å². The summed E-state index contributed by atoms with van der Waals surface area (Å²) in [5, 5.41) is 0. The van der Waals surface area contributed by atoms with Gasteiger partial charge in [0.25, 0.3) is 0 Å². The third-order valence-electron chi connectivity index (χ3n) is 2.68. The normalized spacial score (nSPS) is 12.2. The molecule has 1 aromatic rings. The van der Waals surface area contributed by atoms with Crippen LogP contribution in [-0.4, -0.2) is 34.9 Å². The molecule has 100 valence electrons. The van der Waals surface area contributed by atoms with Gasteiger partial charge in [0.15, 0.2) is 0 Å². The van der Waals surface area contributed by atoms with Gasteiger partial charge in [-0.1, -0.05) is 6.07 Å². The lowest BCUT2D eigenvalue weighted by Crippen LogP contribution is -2.21. The Morgan fingerprint density at radius 1 is 1.39 bits per heavy atom. The minimum atomic E-state index is -1.09. The first kappa shape index (κ1) is 14.7. The summed E-state index contributed by atoms with van der Waals surface area (Å²) in [6.07, 6.45) is 1.05. The minimum absolute atomic E-state index is 0.0660. The van der Waals surface area contributed by atoms with Crippen LogP contribution in [0.4, 0.5) is 5.69 Å². The predicted octanol–water partition coefficient (Wildman–Crippen LogP) is 1.55. The Labute approximate surface area is 111 Å². The third kappa shape index (κ3) is 4.14. The lowest BCUT2D eigenvalue weighted by Gasteiger charge is -2.10. The van der Waals surface area contributed by atoms with Gasteiger partial charge in [0.2, 0.25) is 5.91 Å². The summed E-state index contributed by atoms with van der Waals surface area (Å²) in [7, 11) is 2.36. The molecule has 0 saturated carbocycles. The van der Waals surface area contributed by atoms with Crippen molar-refractivity contribution in [2.45, 2.75) is 24.7 Å². The second-order valence-corrected chi connectivity index (χ2v) is 6.01. The second kappa shape index (κ2) is 6.54. The van der Waals surface area contributed by atoms with Crippen LogP contribution in [0, 0.1) is 6.92 Å². The molecule has 0 heterocycles. The van der Waals surface area contributed by atoms with Gasteiger partial charge in [0, 0.05) is 36.9 Å². The quantitative estimate of drug-likeness (QED) is 0.824. The molecule has 0 saturated heterocycles. The van der Waals surface area contributed by atoms with E-state index in [4.69, 9.17) is 5.73 Å². The van der Waals surface area contributed by atoms with E-state index in [-0.39, 0.29) is 5.91 Å². The van der Waals surface area contributed by atoms with E-state index in [0.717, 1.165) is 10.5 Å². The minimum Gasteiger partial charge on any atom is -0.399 e. The highest BCUT2D eigenvalue weighted by Crippen LogP contribution is 2.17. The maximum atomic E-state index is 12.1. The molecule has 1 amide bonds. The van der Waals surface area contributed by atoms with Crippen LogP contribution < -0.4 is 5.73 Å². The Kier molecular flexibility index (Phi) is 5.34. The van der Waals surface area contributed by atoms with Crippen LogP contribution in [0.25, 0.3) is 0 Å². The van der Waals surface area contributed by atoms with Crippen LogP contribution in [0.15, 0.2) is 23.1 Å². The summed E-state index contributed by atoms with van der Waals surface area (Å²) in [6, 6.07) is 5.42. The molecule has 0 aromatic heterocycles. The molecule has 1 rings (SSSR count). The van der Waals surface area contributed by atoms with Crippen LogP contribution in [0.5, 0.6) is 0 Å². The Bertz CT molecular complexity index is 458. The van der Waals surface area contributed by atoms with Crippen LogP contribution >= 0.6 is 0 Å². The van der Waals surface area contributed by atoms with Gasteiger partial charge in [0.1, 0.15) is 0 Å². The molecule has 0 fully saturated rings. The summed E-state index contributed by atoms with van der Waals surface area (Å²) in [6.45, 7) is 1.91. The number of aryl methyl sites for hydroxylation is 1. The molecule has 0 aliphatic rings. The van der Waals surface area contributed by atoms with Crippen molar-refractivity contribution in [1.29, 1.82) is 0 Å². The molecule has 1 unspecified atom stereocenters. The first-order valence-electron chi connectivity index (χ1n) is 5.86. The number of nitrogen functional groups attached to an aromatic ring is 1. The average Bonchev–Trinajstić information content (AvgIpc) is 2.31. The average molecular weight is 268 g/mol. The van der Waals surface area contributed by atoms with E-state index in [9.17, 15) is 9.00 Å². The molecule has 1 atom stereocenters. The van der Waals surface area contributed by atoms with Crippen molar-refractivity contribution in [3.63, 3.8) is 0 Å². The van der Waals surface area contributed by atoms with Crippen LogP contribution in [0.1, 0.15) is 18.4 Å². The van der Waals surface area contributed by atoms with E-state index in [1.54, 1.807) is 31.1 Å². The monoisotopic (exact) mass is 268 g/mol. The molecular formula is C13H20N2O2S. The first-order valence-corrected chi connectivity index (χ1v) is 7.18. The number of anilines is 1. The number of nitrogens with zero attached hydrogens (tertiary/aromatic N) is 1. The van der Waals surface area contributed by atoms with Crippen LogP contribution in [-0.2, 0) is 15.6 Å². The fraction of sp³-hybridized carbons (Fsp3) is 0.462. The van der Waals surface area contributed by atoms with Crippen molar-refractivity contribution >= 4 is 22.4 Å². The molecule has 5 heteroatoms.